The van der Waals surface area contributed by atoms with Gasteiger partial charge in [0.25, 0.3) is 0 Å². The van der Waals surface area contributed by atoms with E-state index in [1.165, 1.54) is 6.08 Å². The summed E-state index contributed by atoms with van der Waals surface area (Å²) < 4.78 is 0. The number of carboxylic acids is 1. The highest BCUT2D eigenvalue weighted by Gasteiger charge is 1.89. The third-order valence-electron chi connectivity index (χ3n) is 1.77. The van der Waals surface area contributed by atoms with Crippen molar-refractivity contribution in [2.75, 3.05) is 0 Å². The monoisotopic (exact) mass is 222 g/mol. The number of halogens is 1. The summed E-state index contributed by atoms with van der Waals surface area (Å²) in [6, 6.07) is 7.74. The Balaban J connectivity index is 2.61. The SMILES string of the molecule is O=C(O)C=CC=Cc1ccc(CCl)cc1. The van der Waals surface area contributed by atoms with Crippen molar-refractivity contribution in [1.29, 1.82) is 0 Å². The molecule has 0 spiro atoms. The molecule has 1 aromatic carbocycles. The molecule has 0 aliphatic rings. The van der Waals surface area contributed by atoms with Gasteiger partial charge in [-0.1, -0.05) is 42.5 Å². The molecule has 1 N–H and O–H groups in total. The molecule has 0 unspecified atom stereocenters. The van der Waals surface area contributed by atoms with E-state index in [9.17, 15) is 4.79 Å². The standard InChI is InChI=1S/C12H11ClO2/c13-9-11-7-5-10(6-8-11)3-1-2-4-12(14)15/h1-8H,9H2,(H,14,15). The fourth-order valence-corrected chi connectivity index (χ4v) is 1.20. The lowest BCUT2D eigenvalue weighted by Gasteiger charge is -1.95. The molecular weight excluding hydrogens is 212 g/mol. The van der Waals surface area contributed by atoms with Gasteiger partial charge >= 0.3 is 5.97 Å². The summed E-state index contributed by atoms with van der Waals surface area (Å²) in [6.45, 7) is 0. The van der Waals surface area contributed by atoms with E-state index in [1.54, 1.807) is 6.08 Å². The van der Waals surface area contributed by atoms with Crippen molar-refractivity contribution in [3.8, 4) is 0 Å². The molecule has 0 aromatic heterocycles. The minimum Gasteiger partial charge on any atom is -0.478 e. The van der Waals surface area contributed by atoms with E-state index in [1.807, 2.05) is 30.3 Å². The zero-order valence-electron chi connectivity index (χ0n) is 8.06. The number of allylic oxidation sites excluding steroid dienone is 2. The van der Waals surface area contributed by atoms with Crippen LogP contribution in [0.4, 0.5) is 0 Å². The van der Waals surface area contributed by atoms with Crippen LogP contribution in [-0.4, -0.2) is 11.1 Å². The van der Waals surface area contributed by atoms with E-state index in [4.69, 9.17) is 16.7 Å². The predicted molar refractivity (Wildman–Crippen MR) is 61.8 cm³/mol. The van der Waals surface area contributed by atoms with Gasteiger partial charge in [0.15, 0.2) is 0 Å². The van der Waals surface area contributed by atoms with Gasteiger partial charge in [0.2, 0.25) is 0 Å². The van der Waals surface area contributed by atoms with Gasteiger partial charge < -0.3 is 5.11 Å². The van der Waals surface area contributed by atoms with Crippen LogP contribution in [-0.2, 0) is 10.7 Å². The summed E-state index contributed by atoms with van der Waals surface area (Å²) in [7, 11) is 0. The first-order valence-corrected chi connectivity index (χ1v) is 4.98. The van der Waals surface area contributed by atoms with E-state index in [-0.39, 0.29) is 0 Å². The molecule has 3 heteroatoms. The second-order valence-electron chi connectivity index (χ2n) is 2.93. The van der Waals surface area contributed by atoms with E-state index in [0.717, 1.165) is 17.2 Å². The molecule has 0 radical (unpaired) electrons. The van der Waals surface area contributed by atoms with Crippen LogP contribution in [0, 0.1) is 0 Å². The summed E-state index contributed by atoms with van der Waals surface area (Å²) in [5, 5.41) is 8.34. The maximum atomic E-state index is 10.2. The Bertz CT molecular complexity index is 377. The topological polar surface area (TPSA) is 37.3 Å². The van der Waals surface area contributed by atoms with E-state index in [0.29, 0.717) is 5.88 Å². The molecule has 0 amide bonds. The second-order valence-corrected chi connectivity index (χ2v) is 3.20. The van der Waals surface area contributed by atoms with E-state index >= 15 is 0 Å². The molecular formula is C12H11ClO2. The summed E-state index contributed by atoms with van der Waals surface area (Å²) >= 11 is 5.65. The van der Waals surface area contributed by atoms with Crippen LogP contribution in [0.25, 0.3) is 6.08 Å². The van der Waals surface area contributed by atoms with Gasteiger partial charge in [-0.15, -0.1) is 11.6 Å². The van der Waals surface area contributed by atoms with Gasteiger partial charge in [-0.3, -0.25) is 0 Å². The number of benzene rings is 1. The van der Waals surface area contributed by atoms with Gasteiger partial charge in [-0.25, -0.2) is 4.79 Å². The smallest absolute Gasteiger partial charge is 0.328 e. The Morgan fingerprint density at radius 1 is 1.27 bits per heavy atom. The number of hydrogen-bond donors (Lipinski definition) is 1. The summed E-state index contributed by atoms with van der Waals surface area (Å²) in [4.78, 5) is 10.2. The lowest BCUT2D eigenvalue weighted by Crippen LogP contribution is -1.84. The summed E-state index contributed by atoms with van der Waals surface area (Å²) in [6.07, 6.45) is 6.09. The Morgan fingerprint density at radius 2 is 1.93 bits per heavy atom. The van der Waals surface area contributed by atoms with Crippen molar-refractivity contribution in [1.82, 2.24) is 0 Å². The number of alkyl halides is 1. The summed E-state index contributed by atoms with van der Waals surface area (Å²) in [5.41, 5.74) is 2.08. The molecule has 0 heterocycles. The van der Waals surface area contributed by atoms with Crippen molar-refractivity contribution in [2.45, 2.75) is 5.88 Å². The molecule has 2 nitrogen and oxygen atoms in total. The van der Waals surface area contributed by atoms with Crippen molar-refractivity contribution >= 4 is 23.6 Å². The first-order chi connectivity index (χ1) is 7.22. The third-order valence-corrected chi connectivity index (χ3v) is 2.08. The normalized spacial score (nSPS) is 11.3. The molecule has 0 atom stereocenters. The van der Waals surface area contributed by atoms with Crippen molar-refractivity contribution in [2.24, 2.45) is 0 Å². The molecule has 0 fully saturated rings. The quantitative estimate of drug-likeness (QED) is 0.483. The van der Waals surface area contributed by atoms with Crippen LogP contribution < -0.4 is 0 Å². The highest BCUT2D eigenvalue weighted by atomic mass is 35.5. The molecule has 0 bridgehead atoms. The minimum atomic E-state index is -0.947. The minimum absolute atomic E-state index is 0.503. The van der Waals surface area contributed by atoms with Crippen LogP contribution >= 0.6 is 11.6 Å². The first kappa shape index (κ1) is 11.5. The van der Waals surface area contributed by atoms with Crippen molar-refractivity contribution in [3.05, 3.63) is 53.6 Å². The van der Waals surface area contributed by atoms with Gasteiger partial charge in [0, 0.05) is 12.0 Å². The van der Waals surface area contributed by atoms with Gasteiger partial charge in [0.1, 0.15) is 0 Å². The highest BCUT2D eigenvalue weighted by molar-refractivity contribution is 6.17. The van der Waals surface area contributed by atoms with Crippen LogP contribution in [0.15, 0.2) is 42.5 Å². The van der Waals surface area contributed by atoms with Gasteiger partial charge in [-0.05, 0) is 11.1 Å². The zero-order valence-corrected chi connectivity index (χ0v) is 8.82. The Hall–Kier alpha value is -1.54. The Kier molecular flexibility index (Phi) is 4.64. The molecule has 0 saturated carbocycles. The predicted octanol–water partition coefficient (Wildman–Crippen LogP) is 3.08. The fourth-order valence-electron chi connectivity index (χ4n) is 1.02. The average molecular weight is 223 g/mol. The molecule has 0 aliphatic carbocycles. The number of hydrogen-bond acceptors (Lipinski definition) is 1. The van der Waals surface area contributed by atoms with Crippen molar-refractivity contribution in [3.63, 3.8) is 0 Å². The number of carbonyl (C=O) groups is 1. The maximum absolute atomic E-state index is 10.2. The van der Waals surface area contributed by atoms with Crippen LogP contribution in [0.5, 0.6) is 0 Å². The fraction of sp³-hybridized carbons (Fsp3) is 0.0833. The lowest BCUT2D eigenvalue weighted by molar-refractivity contribution is -0.131. The maximum Gasteiger partial charge on any atom is 0.328 e. The largest absolute Gasteiger partial charge is 0.478 e. The third kappa shape index (κ3) is 4.47. The molecule has 78 valence electrons. The number of rotatable bonds is 4. The molecule has 0 saturated heterocycles. The highest BCUT2D eigenvalue weighted by Crippen LogP contribution is 2.08. The number of aliphatic carboxylic acids is 1. The molecule has 1 rings (SSSR count). The van der Waals surface area contributed by atoms with Crippen LogP contribution in [0.2, 0.25) is 0 Å². The average Bonchev–Trinajstić information content (AvgIpc) is 2.25. The first-order valence-electron chi connectivity index (χ1n) is 4.45. The Morgan fingerprint density at radius 3 is 2.47 bits per heavy atom. The lowest BCUT2D eigenvalue weighted by atomic mass is 10.1. The van der Waals surface area contributed by atoms with E-state index in [2.05, 4.69) is 0 Å². The molecule has 0 aliphatic heterocycles. The zero-order chi connectivity index (χ0) is 11.1. The molecule has 15 heavy (non-hydrogen) atoms. The molecule has 1 aromatic rings. The van der Waals surface area contributed by atoms with Crippen molar-refractivity contribution < 1.29 is 9.90 Å². The van der Waals surface area contributed by atoms with Gasteiger partial charge in [0.05, 0.1) is 0 Å². The Labute approximate surface area is 93.5 Å². The van der Waals surface area contributed by atoms with Crippen LogP contribution in [0.3, 0.4) is 0 Å². The van der Waals surface area contributed by atoms with Crippen LogP contribution in [0.1, 0.15) is 11.1 Å². The van der Waals surface area contributed by atoms with Gasteiger partial charge in [-0.2, -0.15) is 0 Å². The van der Waals surface area contributed by atoms with E-state index < -0.39 is 5.97 Å². The summed E-state index contributed by atoms with van der Waals surface area (Å²) in [5.74, 6) is -0.444. The number of carboxylic acid groups (broad SMARTS) is 1. The second kappa shape index (κ2) is 6.04.